The van der Waals surface area contributed by atoms with Crippen molar-refractivity contribution in [2.75, 3.05) is 33.2 Å². The first kappa shape index (κ1) is 10.1. The van der Waals surface area contributed by atoms with E-state index < -0.39 is 0 Å². The molecule has 0 aromatic carbocycles. The van der Waals surface area contributed by atoms with Gasteiger partial charge in [0.15, 0.2) is 0 Å². The van der Waals surface area contributed by atoms with Gasteiger partial charge in [-0.15, -0.1) is 0 Å². The van der Waals surface area contributed by atoms with E-state index in [4.69, 9.17) is 0 Å². The van der Waals surface area contributed by atoms with Crippen LogP contribution in [0.25, 0.3) is 0 Å². The Labute approximate surface area is 79.7 Å². The van der Waals surface area contributed by atoms with Crippen molar-refractivity contribution in [2.45, 2.75) is 13.3 Å². The highest BCUT2D eigenvalue weighted by Crippen LogP contribution is 1.96. The van der Waals surface area contributed by atoms with Gasteiger partial charge < -0.3 is 9.80 Å². The Morgan fingerprint density at radius 2 is 1.92 bits per heavy atom. The topological polar surface area (TPSA) is 23.6 Å². The van der Waals surface area contributed by atoms with Gasteiger partial charge in [-0.2, -0.15) is 0 Å². The number of nitrogens with zero attached hydrogens (tertiary/aromatic N) is 2. The fraction of sp³-hybridized carbons (Fsp3) is 0.700. The van der Waals surface area contributed by atoms with Crippen LogP contribution in [0.15, 0.2) is 0 Å². The fourth-order valence-electron chi connectivity index (χ4n) is 1.15. The van der Waals surface area contributed by atoms with Crippen molar-refractivity contribution in [1.82, 2.24) is 9.80 Å². The van der Waals surface area contributed by atoms with E-state index in [1.165, 1.54) is 0 Å². The predicted molar refractivity (Wildman–Crippen MR) is 52.1 cm³/mol. The van der Waals surface area contributed by atoms with Gasteiger partial charge in [0.2, 0.25) is 5.78 Å². The lowest BCUT2D eigenvalue weighted by Gasteiger charge is -2.29. The zero-order chi connectivity index (χ0) is 9.68. The van der Waals surface area contributed by atoms with Gasteiger partial charge in [-0.1, -0.05) is 6.92 Å². The van der Waals surface area contributed by atoms with Gasteiger partial charge in [0.1, 0.15) is 0 Å². The van der Waals surface area contributed by atoms with Crippen LogP contribution in [-0.4, -0.2) is 48.8 Å². The van der Waals surface area contributed by atoms with Gasteiger partial charge in [-0.05, 0) is 13.0 Å². The molecule has 1 rings (SSSR count). The summed E-state index contributed by atoms with van der Waals surface area (Å²) in [7, 11) is 2.10. The van der Waals surface area contributed by atoms with Crippen molar-refractivity contribution in [2.24, 2.45) is 0 Å². The van der Waals surface area contributed by atoms with E-state index in [-0.39, 0.29) is 5.78 Å². The zero-order valence-corrected chi connectivity index (χ0v) is 8.34. The molecule has 1 saturated heterocycles. The standard InChI is InChI=1S/C10H16N2O/c1-3-10(13)4-5-12-8-6-11(2)7-9-12/h3,6-9H2,1-2H3. The van der Waals surface area contributed by atoms with Gasteiger partial charge >= 0.3 is 0 Å². The minimum absolute atomic E-state index is 0.0268. The molecule has 1 aliphatic heterocycles. The third kappa shape index (κ3) is 3.47. The Morgan fingerprint density at radius 3 is 2.46 bits per heavy atom. The lowest BCUT2D eigenvalue weighted by Crippen LogP contribution is -2.42. The molecule has 0 atom stereocenters. The van der Waals surface area contributed by atoms with Crippen LogP contribution in [0.4, 0.5) is 0 Å². The first-order valence-electron chi connectivity index (χ1n) is 4.70. The minimum atomic E-state index is 0.0268. The number of carbonyl (C=O) groups excluding carboxylic acids is 1. The van der Waals surface area contributed by atoms with Crippen LogP contribution in [0, 0.1) is 12.0 Å². The number of carbonyl (C=O) groups is 1. The first-order valence-corrected chi connectivity index (χ1v) is 4.70. The molecule has 1 aliphatic rings. The number of likely N-dealkylation sites (N-methyl/N-ethyl adjacent to an activating group) is 1. The molecule has 72 valence electrons. The second-order valence-corrected chi connectivity index (χ2v) is 3.30. The maximum absolute atomic E-state index is 10.9. The average Bonchev–Trinajstić information content (AvgIpc) is 2.16. The Kier molecular flexibility index (Phi) is 3.78. The lowest BCUT2D eigenvalue weighted by atomic mass is 10.3. The second-order valence-electron chi connectivity index (χ2n) is 3.30. The van der Waals surface area contributed by atoms with Gasteiger partial charge in [0.05, 0.1) is 0 Å². The van der Waals surface area contributed by atoms with Crippen LogP contribution in [-0.2, 0) is 4.79 Å². The molecule has 13 heavy (non-hydrogen) atoms. The number of rotatable bonds is 1. The van der Waals surface area contributed by atoms with Gasteiger partial charge in [0.25, 0.3) is 0 Å². The van der Waals surface area contributed by atoms with Crippen molar-refractivity contribution >= 4 is 5.78 Å². The fourth-order valence-corrected chi connectivity index (χ4v) is 1.15. The van der Waals surface area contributed by atoms with E-state index >= 15 is 0 Å². The van der Waals surface area contributed by atoms with Crippen molar-refractivity contribution in [3.63, 3.8) is 0 Å². The molecule has 0 aromatic rings. The SMILES string of the molecule is CCC(=O)C#CN1CCN(C)CC1. The van der Waals surface area contributed by atoms with Crippen LogP contribution in [0.5, 0.6) is 0 Å². The lowest BCUT2D eigenvalue weighted by molar-refractivity contribution is -0.113. The maximum Gasteiger partial charge on any atom is 0.206 e. The van der Waals surface area contributed by atoms with Crippen molar-refractivity contribution < 1.29 is 4.79 Å². The Bertz CT molecular complexity index is 231. The Balaban J connectivity index is 2.36. The number of hydrogen-bond acceptors (Lipinski definition) is 3. The minimum Gasteiger partial charge on any atom is -0.330 e. The average molecular weight is 180 g/mol. The number of Topliss-reactive ketones (excluding diaryl/α,β-unsaturated/α-hetero) is 1. The summed E-state index contributed by atoms with van der Waals surface area (Å²) in [5, 5.41) is 0. The molecule has 0 unspecified atom stereocenters. The van der Waals surface area contributed by atoms with Crippen LogP contribution >= 0.6 is 0 Å². The van der Waals surface area contributed by atoms with Gasteiger partial charge in [0, 0.05) is 38.6 Å². The molecule has 0 saturated carbocycles. The molecule has 1 heterocycles. The zero-order valence-electron chi connectivity index (χ0n) is 8.34. The summed E-state index contributed by atoms with van der Waals surface area (Å²) in [6, 6.07) is 2.90. The molecule has 0 aromatic heterocycles. The normalized spacial score (nSPS) is 17.8. The van der Waals surface area contributed by atoms with E-state index in [1.807, 2.05) is 11.8 Å². The van der Waals surface area contributed by atoms with Crippen LogP contribution in [0.3, 0.4) is 0 Å². The van der Waals surface area contributed by atoms with E-state index in [0.717, 1.165) is 26.2 Å². The van der Waals surface area contributed by atoms with E-state index in [9.17, 15) is 4.79 Å². The molecule has 0 N–H and O–H groups in total. The van der Waals surface area contributed by atoms with Crippen LogP contribution in [0.2, 0.25) is 0 Å². The Hall–Kier alpha value is -1.01. The second kappa shape index (κ2) is 4.88. The number of piperazine rings is 1. The summed E-state index contributed by atoms with van der Waals surface area (Å²) in [6.45, 7) is 5.80. The molecule has 0 spiro atoms. The summed E-state index contributed by atoms with van der Waals surface area (Å²) in [5.41, 5.74) is 0. The number of hydrogen-bond donors (Lipinski definition) is 0. The molecule has 0 aliphatic carbocycles. The molecule has 0 bridgehead atoms. The predicted octanol–water partition coefficient (Wildman–Crippen LogP) is 0.174. The molecule has 3 heteroatoms. The highest BCUT2D eigenvalue weighted by molar-refractivity contribution is 5.95. The molecule has 0 radical (unpaired) electrons. The highest BCUT2D eigenvalue weighted by atomic mass is 16.1. The van der Waals surface area contributed by atoms with E-state index in [2.05, 4.69) is 23.9 Å². The first-order chi connectivity index (χ1) is 6.22. The highest BCUT2D eigenvalue weighted by Gasteiger charge is 2.09. The summed E-state index contributed by atoms with van der Waals surface area (Å²) in [5.74, 6) is 2.66. The summed E-state index contributed by atoms with van der Waals surface area (Å²) >= 11 is 0. The smallest absolute Gasteiger partial charge is 0.206 e. The van der Waals surface area contributed by atoms with Crippen molar-refractivity contribution in [1.29, 1.82) is 0 Å². The van der Waals surface area contributed by atoms with E-state index in [0.29, 0.717) is 6.42 Å². The van der Waals surface area contributed by atoms with Crippen LogP contribution in [0.1, 0.15) is 13.3 Å². The van der Waals surface area contributed by atoms with Crippen LogP contribution < -0.4 is 0 Å². The molecule has 3 nitrogen and oxygen atoms in total. The molecular formula is C10H16N2O. The van der Waals surface area contributed by atoms with Gasteiger partial charge in [-0.25, -0.2) is 0 Å². The molecule has 1 fully saturated rings. The summed E-state index contributed by atoms with van der Waals surface area (Å²) in [6.07, 6.45) is 0.515. The largest absolute Gasteiger partial charge is 0.330 e. The summed E-state index contributed by atoms with van der Waals surface area (Å²) in [4.78, 5) is 15.2. The van der Waals surface area contributed by atoms with Crippen molar-refractivity contribution in [3.8, 4) is 12.0 Å². The Morgan fingerprint density at radius 1 is 1.31 bits per heavy atom. The van der Waals surface area contributed by atoms with Gasteiger partial charge in [-0.3, -0.25) is 4.79 Å². The van der Waals surface area contributed by atoms with E-state index in [1.54, 1.807) is 0 Å². The molecule has 0 amide bonds. The quantitative estimate of drug-likeness (QED) is 0.538. The van der Waals surface area contributed by atoms with Crippen molar-refractivity contribution in [3.05, 3.63) is 0 Å². The third-order valence-corrected chi connectivity index (χ3v) is 2.18. The maximum atomic E-state index is 10.9. The monoisotopic (exact) mass is 180 g/mol. The summed E-state index contributed by atoms with van der Waals surface area (Å²) < 4.78 is 0. The third-order valence-electron chi connectivity index (χ3n) is 2.18. The molecular weight excluding hydrogens is 164 g/mol. The number of ketones is 1.